The predicted octanol–water partition coefficient (Wildman–Crippen LogP) is 1.52. The van der Waals surface area contributed by atoms with Gasteiger partial charge >= 0.3 is 87.8 Å². The summed E-state index contributed by atoms with van der Waals surface area (Å²) < 4.78 is 12.1. The van der Waals surface area contributed by atoms with Gasteiger partial charge in [-0.15, -0.1) is 0 Å². The van der Waals surface area contributed by atoms with Crippen LogP contribution in [0.3, 0.4) is 0 Å². The maximum atomic E-state index is 11.2. The quantitative estimate of drug-likeness (QED) is 0.519. The maximum absolute atomic E-state index is 11.2. The third-order valence-corrected chi connectivity index (χ3v) is 4.62. The van der Waals surface area contributed by atoms with Crippen molar-refractivity contribution in [3.05, 3.63) is 11.1 Å². The van der Waals surface area contributed by atoms with E-state index in [0.29, 0.717) is 0 Å². The molecule has 0 unspecified atom stereocenters. The van der Waals surface area contributed by atoms with Crippen molar-refractivity contribution < 1.29 is 17.5 Å². The van der Waals surface area contributed by atoms with Crippen molar-refractivity contribution in [2.24, 2.45) is 0 Å². The van der Waals surface area contributed by atoms with E-state index in [9.17, 15) is 3.87 Å². The van der Waals surface area contributed by atoms with E-state index in [1.165, 1.54) is 12.5 Å². The van der Waals surface area contributed by atoms with Gasteiger partial charge < -0.3 is 0 Å². The molecule has 0 aromatic rings. The van der Waals surface area contributed by atoms with Gasteiger partial charge in [0.2, 0.25) is 0 Å². The monoisotopic (exact) mass is 246 g/mol. The molecule has 0 spiro atoms. The summed E-state index contributed by atoms with van der Waals surface area (Å²) >= 11 is -1.14. The summed E-state index contributed by atoms with van der Waals surface area (Å²) in [7, 11) is 0.239. The van der Waals surface area contributed by atoms with Gasteiger partial charge in [0, 0.05) is 0 Å². The fourth-order valence-electron chi connectivity index (χ4n) is 0.902. The molecule has 4 heteroatoms. The van der Waals surface area contributed by atoms with Crippen molar-refractivity contribution in [1.82, 2.24) is 5.32 Å². The Hall–Kier alpha value is 0.223. The third-order valence-electron chi connectivity index (χ3n) is 1.69. The van der Waals surface area contributed by atoms with Gasteiger partial charge in [0.1, 0.15) is 0 Å². The van der Waals surface area contributed by atoms with Crippen molar-refractivity contribution >= 4 is 9.52 Å². The van der Waals surface area contributed by atoms with Crippen molar-refractivity contribution in [2.45, 2.75) is 31.3 Å². The number of hydrogen-bond donors (Lipinski definition) is 1. The van der Waals surface area contributed by atoms with Crippen LogP contribution in [0, 0.1) is 0 Å². The van der Waals surface area contributed by atoms with Gasteiger partial charge in [-0.3, -0.25) is 0 Å². The Kier molecular flexibility index (Phi) is 8.96. The van der Waals surface area contributed by atoms with Crippen LogP contribution >= 0.6 is 0 Å². The van der Waals surface area contributed by atoms with Crippen LogP contribution in [0.15, 0.2) is 11.1 Å². The van der Waals surface area contributed by atoms with E-state index in [4.69, 9.17) is 0 Å². The van der Waals surface area contributed by atoms with Crippen molar-refractivity contribution in [3.8, 4) is 0 Å². The second-order valence-electron chi connectivity index (χ2n) is 3.04. The Morgan fingerprint density at radius 3 is 2.77 bits per heavy atom. The second kappa shape index (κ2) is 8.81. The minimum absolute atomic E-state index is 0.239. The molecule has 0 fully saturated rings. The molecule has 0 aromatic carbocycles. The first-order chi connectivity index (χ1) is 6.18. The standard InChI is InChI=1S/C6H16NSi.C3H5.Co.O/c1-3-7-5-4-6-8-2;1-3-2;;/h7H,1,3-6,8H2,2H3;1H2,2H3;;. The number of allylic oxidation sites excluding steroid dienone is 1. The zero-order valence-corrected chi connectivity index (χ0v) is 11.1. The molecular weight excluding hydrogens is 225 g/mol. The average Bonchev–Trinajstić information content (AvgIpc) is 2.10. The Balaban J connectivity index is 3.16. The second-order valence-corrected chi connectivity index (χ2v) is 7.04. The Bertz CT molecular complexity index is 173. The summed E-state index contributed by atoms with van der Waals surface area (Å²) in [4.78, 5) is 0. The number of rotatable bonds is 8. The van der Waals surface area contributed by atoms with Crippen LogP contribution in [0.2, 0.25) is 17.9 Å². The molecule has 0 rings (SSSR count). The topological polar surface area (TPSA) is 29.1 Å². The molecule has 0 aromatic heterocycles. The van der Waals surface area contributed by atoms with Crippen LogP contribution in [-0.2, 0) is 17.5 Å². The molecule has 81 valence electrons. The Labute approximate surface area is 88.0 Å². The van der Waals surface area contributed by atoms with Crippen LogP contribution in [0.25, 0.3) is 0 Å². The Morgan fingerprint density at radius 2 is 2.23 bits per heavy atom. The summed E-state index contributed by atoms with van der Waals surface area (Å²) in [6.45, 7) is 9.79. The van der Waals surface area contributed by atoms with Crippen LogP contribution in [0.1, 0.15) is 13.3 Å². The molecule has 0 aliphatic rings. The Morgan fingerprint density at radius 1 is 1.54 bits per heavy atom. The fraction of sp³-hybridized carbons (Fsp3) is 0.778. The van der Waals surface area contributed by atoms with E-state index < -0.39 is 13.6 Å². The van der Waals surface area contributed by atoms with Gasteiger partial charge in [-0.1, -0.05) is 0 Å². The van der Waals surface area contributed by atoms with Gasteiger partial charge in [0.25, 0.3) is 0 Å². The summed E-state index contributed by atoms with van der Waals surface area (Å²) in [5, 5.41) is 4.04. The van der Waals surface area contributed by atoms with E-state index in [0.717, 1.165) is 23.0 Å². The zero-order valence-electron chi connectivity index (χ0n) is 8.69. The zero-order chi connectivity index (χ0) is 10.1. The van der Waals surface area contributed by atoms with Crippen molar-refractivity contribution in [2.75, 3.05) is 13.1 Å². The summed E-state index contributed by atoms with van der Waals surface area (Å²) in [6, 6.07) is 1.42. The first kappa shape index (κ1) is 13.2. The minimum atomic E-state index is -1.14. The van der Waals surface area contributed by atoms with Gasteiger partial charge in [-0.2, -0.15) is 0 Å². The molecule has 1 N–H and O–H groups in total. The van der Waals surface area contributed by atoms with Gasteiger partial charge in [0.05, 0.1) is 0 Å². The molecule has 0 amide bonds. The normalized spacial score (nSPS) is 12.3. The molecule has 0 heterocycles. The van der Waals surface area contributed by atoms with Gasteiger partial charge in [-0.05, 0) is 0 Å². The van der Waals surface area contributed by atoms with Gasteiger partial charge in [0.15, 0.2) is 0 Å². The summed E-state index contributed by atoms with van der Waals surface area (Å²) in [5.74, 6) is 0. The molecular formula is C9H21CoNOSi. The SMILES string of the molecule is C=[C](C)[Co](=[O])[CH2]CNCCC[SiH2]C. The fourth-order valence-corrected chi connectivity index (χ4v) is 2.52. The van der Waals surface area contributed by atoms with E-state index in [-0.39, 0.29) is 9.52 Å². The van der Waals surface area contributed by atoms with Crippen molar-refractivity contribution in [3.63, 3.8) is 0 Å². The third kappa shape index (κ3) is 8.55. The summed E-state index contributed by atoms with van der Waals surface area (Å²) in [5.41, 5.74) is 0. The van der Waals surface area contributed by atoms with Crippen LogP contribution < -0.4 is 5.32 Å². The molecule has 0 bridgehead atoms. The van der Waals surface area contributed by atoms with Crippen LogP contribution in [0.5, 0.6) is 0 Å². The van der Waals surface area contributed by atoms with Crippen molar-refractivity contribution in [1.29, 1.82) is 0 Å². The number of nitrogens with one attached hydrogen (secondary N) is 1. The molecule has 0 aliphatic heterocycles. The van der Waals surface area contributed by atoms with E-state index in [1.807, 2.05) is 6.92 Å². The summed E-state index contributed by atoms with van der Waals surface area (Å²) in [6.07, 6.45) is 1.28. The molecule has 0 saturated heterocycles. The molecule has 0 aliphatic carbocycles. The predicted molar refractivity (Wildman–Crippen MR) is 57.0 cm³/mol. The van der Waals surface area contributed by atoms with E-state index >= 15 is 0 Å². The van der Waals surface area contributed by atoms with E-state index in [1.54, 1.807) is 0 Å². The molecule has 13 heavy (non-hydrogen) atoms. The number of hydrogen-bond acceptors (Lipinski definition) is 2. The molecule has 0 atom stereocenters. The first-order valence-electron chi connectivity index (χ1n) is 4.81. The van der Waals surface area contributed by atoms with Crippen LogP contribution in [0.4, 0.5) is 0 Å². The van der Waals surface area contributed by atoms with Gasteiger partial charge in [-0.25, -0.2) is 0 Å². The molecule has 2 nitrogen and oxygen atoms in total. The average molecular weight is 246 g/mol. The van der Waals surface area contributed by atoms with E-state index in [2.05, 4.69) is 18.4 Å². The molecule has 0 saturated carbocycles. The van der Waals surface area contributed by atoms with Crippen LogP contribution in [-0.4, -0.2) is 22.6 Å². The molecule has 0 radical (unpaired) electrons. The first-order valence-corrected chi connectivity index (χ1v) is 8.90.